The zero-order chi connectivity index (χ0) is 15.8. The number of piperazine rings is 1. The fraction of sp³-hybridized carbons (Fsp3) is 0.385. The van der Waals surface area contributed by atoms with E-state index in [1.165, 1.54) is 6.07 Å². The third kappa shape index (κ3) is 2.89. The van der Waals surface area contributed by atoms with Gasteiger partial charge in [0, 0.05) is 12.6 Å². The molecule has 1 N–H and O–H groups in total. The average Bonchev–Trinajstić information content (AvgIpc) is 2.35. The monoisotopic (exact) mass is 295 g/mol. The number of carbonyl (C=O) groups is 2. The lowest BCUT2D eigenvalue weighted by molar-refractivity contribution is -0.387. The van der Waals surface area contributed by atoms with Crippen LogP contribution in [0.1, 0.15) is 19.4 Å². The van der Waals surface area contributed by atoms with Crippen LogP contribution in [-0.4, -0.2) is 33.7 Å². The Morgan fingerprint density at radius 3 is 2.67 bits per heavy atom. The van der Waals surface area contributed by atoms with E-state index in [1.807, 2.05) is 0 Å². The Morgan fingerprint density at radius 2 is 2.10 bits per heavy atom. The maximum Gasteiger partial charge on any atom is 0.304 e. The smallest absolute Gasteiger partial charge is 0.294 e. The van der Waals surface area contributed by atoms with E-state index in [1.54, 1.807) is 18.7 Å². The molecule has 2 amide bonds. The number of nitrogens with one attached hydrogen (secondary N) is 1. The largest absolute Gasteiger partial charge is 0.304 e. The summed E-state index contributed by atoms with van der Waals surface area (Å²) in [5.41, 5.74) is -1.08. The molecule has 2 rings (SSSR count). The topological polar surface area (TPSA) is 92.6 Å². The van der Waals surface area contributed by atoms with Gasteiger partial charge >= 0.3 is 5.69 Å². The fourth-order valence-electron chi connectivity index (χ4n) is 2.10. The van der Waals surface area contributed by atoms with Crippen molar-refractivity contribution in [3.05, 3.63) is 39.7 Å². The Labute approximate surface area is 119 Å². The van der Waals surface area contributed by atoms with Crippen LogP contribution < -0.4 is 5.32 Å². The third-order valence-corrected chi connectivity index (χ3v) is 3.52. The van der Waals surface area contributed by atoms with Crippen LogP contribution in [0.3, 0.4) is 0 Å². The van der Waals surface area contributed by atoms with Crippen molar-refractivity contribution in [1.29, 1.82) is 0 Å². The highest BCUT2D eigenvalue weighted by Gasteiger charge is 2.40. The van der Waals surface area contributed by atoms with Crippen molar-refractivity contribution in [1.82, 2.24) is 10.2 Å². The summed E-state index contributed by atoms with van der Waals surface area (Å²) < 4.78 is 13.6. The molecular formula is C13H14FN3O4. The molecule has 1 fully saturated rings. The van der Waals surface area contributed by atoms with Gasteiger partial charge in [0.25, 0.3) is 0 Å². The van der Waals surface area contributed by atoms with Gasteiger partial charge in [0.15, 0.2) is 0 Å². The Bertz CT molecular complexity index is 630. The SMILES string of the molecule is CC1(C)C(=O)NC(=O)CN1Cc1ccc([N+](=O)[O-])c(F)c1. The summed E-state index contributed by atoms with van der Waals surface area (Å²) in [6, 6.07) is 3.53. The van der Waals surface area contributed by atoms with Gasteiger partial charge in [-0.15, -0.1) is 0 Å². The van der Waals surface area contributed by atoms with Crippen molar-refractivity contribution < 1.29 is 18.9 Å². The van der Waals surface area contributed by atoms with E-state index < -0.39 is 33.8 Å². The first-order valence-corrected chi connectivity index (χ1v) is 6.24. The summed E-state index contributed by atoms with van der Waals surface area (Å²) in [5.74, 6) is -1.80. The number of carbonyl (C=O) groups excluding carboxylic acids is 2. The molecule has 7 nitrogen and oxygen atoms in total. The van der Waals surface area contributed by atoms with E-state index >= 15 is 0 Å². The number of benzene rings is 1. The Morgan fingerprint density at radius 1 is 1.43 bits per heavy atom. The highest BCUT2D eigenvalue weighted by Crippen LogP contribution is 2.23. The first-order valence-electron chi connectivity index (χ1n) is 6.24. The summed E-state index contributed by atoms with van der Waals surface area (Å²) in [6.07, 6.45) is 0. The molecule has 1 heterocycles. The Kier molecular flexibility index (Phi) is 3.73. The third-order valence-electron chi connectivity index (χ3n) is 3.52. The molecule has 1 aliphatic heterocycles. The molecule has 1 aromatic carbocycles. The van der Waals surface area contributed by atoms with Gasteiger partial charge in [-0.2, -0.15) is 4.39 Å². The number of rotatable bonds is 3. The van der Waals surface area contributed by atoms with E-state index in [0.29, 0.717) is 5.56 Å². The number of nitro groups is 1. The molecule has 1 saturated heterocycles. The second-order valence-corrected chi connectivity index (χ2v) is 5.34. The zero-order valence-corrected chi connectivity index (χ0v) is 11.6. The van der Waals surface area contributed by atoms with Gasteiger partial charge in [-0.1, -0.05) is 6.07 Å². The van der Waals surface area contributed by atoms with Crippen molar-refractivity contribution in [2.75, 3.05) is 6.54 Å². The second kappa shape index (κ2) is 5.21. The zero-order valence-electron chi connectivity index (χ0n) is 11.6. The number of halogens is 1. The van der Waals surface area contributed by atoms with Crippen LogP contribution in [0.25, 0.3) is 0 Å². The van der Waals surface area contributed by atoms with Crippen LogP contribution in [0.4, 0.5) is 10.1 Å². The first-order chi connectivity index (χ1) is 9.71. The molecule has 0 radical (unpaired) electrons. The number of hydrogen-bond donors (Lipinski definition) is 1. The molecule has 0 aliphatic carbocycles. The molecule has 0 aromatic heterocycles. The Hall–Kier alpha value is -2.35. The lowest BCUT2D eigenvalue weighted by Crippen LogP contribution is -2.63. The Balaban J connectivity index is 2.24. The van der Waals surface area contributed by atoms with Crippen LogP contribution in [0.5, 0.6) is 0 Å². The minimum absolute atomic E-state index is 0.00263. The predicted molar refractivity (Wildman–Crippen MR) is 70.7 cm³/mol. The van der Waals surface area contributed by atoms with Crippen molar-refractivity contribution >= 4 is 17.5 Å². The van der Waals surface area contributed by atoms with Gasteiger partial charge in [-0.25, -0.2) is 0 Å². The van der Waals surface area contributed by atoms with Crippen molar-refractivity contribution in [2.45, 2.75) is 25.9 Å². The average molecular weight is 295 g/mol. The van der Waals surface area contributed by atoms with Gasteiger partial charge in [-0.05, 0) is 25.5 Å². The lowest BCUT2D eigenvalue weighted by atomic mass is 9.97. The molecule has 21 heavy (non-hydrogen) atoms. The molecule has 8 heteroatoms. The van der Waals surface area contributed by atoms with E-state index in [-0.39, 0.29) is 13.1 Å². The van der Waals surface area contributed by atoms with Crippen molar-refractivity contribution in [2.24, 2.45) is 0 Å². The van der Waals surface area contributed by atoms with Crippen LogP contribution in [0.2, 0.25) is 0 Å². The summed E-state index contributed by atoms with van der Waals surface area (Å²) >= 11 is 0. The first kappa shape index (κ1) is 15.0. The van der Waals surface area contributed by atoms with Crippen LogP contribution in [0, 0.1) is 15.9 Å². The van der Waals surface area contributed by atoms with E-state index in [0.717, 1.165) is 12.1 Å². The molecule has 0 spiro atoms. The standard InChI is InChI=1S/C13H14FN3O4/c1-13(2)12(19)15-11(18)7-16(13)6-8-3-4-10(17(20)21)9(14)5-8/h3-5H,6-7H2,1-2H3,(H,15,18,19). The number of hydrogen-bond acceptors (Lipinski definition) is 5. The molecular weight excluding hydrogens is 281 g/mol. The second-order valence-electron chi connectivity index (χ2n) is 5.34. The number of nitrogens with zero attached hydrogens (tertiary/aromatic N) is 2. The van der Waals surface area contributed by atoms with Crippen LogP contribution in [0.15, 0.2) is 18.2 Å². The highest BCUT2D eigenvalue weighted by molar-refractivity contribution is 6.02. The summed E-state index contributed by atoms with van der Waals surface area (Å²) in [5, 5.41) is 12.8. The molecule has 0 unspecified atom stereocenters. The quantitative estimate of drug-likeness (QED) is 0.509. The van der Waals surface area contributed by atoms with Gasteiger partial charge in [0.2, 0.25) is 17.6 Å². The van der Waals surface area contributed by atoms with Crippen molar-refractivity contribution in [3.8, 4) is 0 Å². The van der Waals surface area contributed by atoms with E-state index in [9.17, 15) is 24.1 Å². The molecule has 1 aliphatic rings. The van der Waals surface area contributed by atoms with Gasteiger partial charge < -0.3 is 0 Å². The van der Waals surface area contributed by atoms with E-state index in [2.05, 4.69) is 5.32 Å². The molecule has 0 saturated carbocycles. The van der Waals surface area contributed by atoms with E-state index in [4.69, 9.17) is 0 Å². The van der Waals surface area contributed by atoms with Crippen LogP contribution in [-0.2, 0) is 16.1 Å². The highest BCUT2D eigenvalue weighted by atomic mass is 19.1. The predicted octanol–water partition coefficient (Wildman–Crippen LogP) is 0.971. The van der Waals surface area contributed by atoms with Gasteiger partial charge in [0.05, 0.1) is 17.0 Å². The molecule has 1 aromatic rings. The number of nitro benzene ring substituents is 1. The summed E-state index contributed by atoms with van der Waals surface area (Å²) in [7, 11) is 0. The van der Waals surface area contributed by atoms with Crippen molar-refractivity contribution in [3.63, 3.8) is 0 Å². The minimum atomic E-state index is -0.942. The minimum Gasteiger partial charge on any atom is -0.294 e. The molecule has 0 bridgehead atoms. The normalized spacial score (nSPS) is 18.4. The summed E-state index contributed by atoms with van der Waals surface area (Å²) in [4.78, 5) is 34.6. The molecule has 0 atom stereocenters. The lowest BCUT2D eigenvalue weighted by Gasteiger charge is -2.40. The van der Waals surface area contributed by atoms with Gasteiger partial charge in [0.1, 0.15) is 0 Å². The maximum atomic E-state index is 13.6. The fourth-order valence-corrected chi connectivity index (χ4v) is 2.10. The number of amides is 2. The van der Waals surface area contributed by atoms with Gasteiger partial charge in [-0.3, -0.25) is 29.9 Å². The van der Waals surface area contributed by atoms with Crippen LogP contribution >= 0.6 is 0 Å². The number of imide groups is 1. The summed E-state index contributed by atoms with van der Waals surface area (Å²) in [6.45, 7) is 3.44. The maximum absolute atomic E-state index is 13.6. The molecule has 112 valence electrons.